The summed E-state index contributed by atoms with van der Waals surface area (Å²) in [5, 5.41) is 5.99. The van der Waals surface area contributed by atoms with Crippen molar-refractivity contribution in [1.29, 1.82) is 0 Å². The lowest BCUT2D eigenvalue weighted by Gasteiger charge is -2.30. The third-order valence-electron chi connectivity index (χ3n) is 5.91. The number of thiophene rings is 1. The monoisotopic (exact) mass is 419 g/mol. The van der Waals surface area contributed by atoms with Gasteiger partial charge in [-0.3, -0.25) is 14.5 Å². The lowest BCUT2D eigenvalue weighted by Crippen LogP contribution is -2.48. The van der Waals surface area contributed by atoms with E-state index in [0.29, 0.717) is 23.4 Å². The molecule has 1 saturated heterocycles. The first-order valence-electron chi connectivity index (χ1n) is 10.2. The van der Waals surface area contributed by atoms with Crippen molar-refractivity contribution in [2.45, 2.75) is 63.8 Å². The summed E-state index contributed by atoms with van der Waals surface area (Å²) in [7, 11) is 0. The van der Waals surface area contributed by atoms with Gasteiger partial charge in [0.2, 0.25) is 5.91 Å². The lowest BCUT2D eigenvalue weighted by atomic mass is 9.82. The number of rotatable bonds is 5. The minimum Gasteiger partial charge on any atom is -0.462 e. The Labute approximate surface area is 173 Å². The average Bonchev–Trinajstić information content (AvgIpc) is 3.32. The Balaban J connectivity index is 1.49. The number of carbonyl (C=O) groups excluding carboxylic acids is 4. The van der Waals surface area contributed by atoms with E-state index < -0.39 is 23.4 Å². The molecule has 1 saturated carbocycles. The summed E-state index contributed by atoms with van der Waals surface area (Å²) in [6.07, 6.45) is 6.67. The molecule has 2 heterocycles. The molecule has 0 atom stereocenters. The standard InChI is InChI=1S/C20H25N3O5S/c1-2-28-17(25)15-12-7-6-8-13(12)29-16(15)21-14(24)11-23-18(26)20(22-19(23)27)9-4-3-5-10-20/h2-11H2,1H3,(H,21,24)(H,22,27). The van der Waals surface area contributed by atoms with Gasteiger partial charge in [-0.05, 0) is 44.6 Å². The van der Waals surface area contributed by atoms with Crippen molar-refractivity contribution in [2.75, 3.05) is 18.5 Å². The minimum atomic E-state index is -0.851. The third-order valence-corrected chi connectivity index (χ3v) is 7.12. The number of anilines is 1. The van der Waals surface area contributed by atoms with Crippen LogP contribution in [0.15, 0.2) is 0 Å². The molecule has 8 nitrogen and oxygen atoms in total. The normalized spacial score (nSPS) is 20.0. The van der Waals surface area contributed by atoms with Crippen LogP contribution in [0.25, 0.3) is 0 Å². The zero-order chi connectivity index (χ0) is 20.6. The molecule has 29 heavy (non-hydrogen) atoms. The number of amides is 4. The van der Waals surface area contributed by atoms with Gasteiger partial charge < -0.3 is 15.4 Å². The van der Waals surface area contributed by atoms with Gasteiger partial charge in [0.05, 0.1) is 12.2 Å². The van der Waals surface area contributed by atoms with Crippen molar-refractivity contribution in [3.05, 3.63) is 16.0 Å². The van der Waals surface area contributed by atoms with Gasteiger partial charge in [-0.15, -0.1) is 11.3 Å². The van der Waals surface area contributed by atoms with Crippen molar-refractivity contribution in [3.63, 3.8) is 0 Å². The fourth-order valence-electron chi connectivity index (χ4n) is 4.54. The van der Waals surface area contributed by atoms with Gasteiger partial charge in [0.1, 0.15) is 17.1 Å². The summed E-state index contributed by atoms with van der Waals surface area (Å²) in [5.74, 6) is -1.26. The van der Waals surface area contributed by atoms with Gasteiger partial charge in [-0.1, -0.05) is 19.3 Å². The predicted octanol–water partition coefficient (Wildman–Crippen LogP) is 2.61. The molecule has 9 heteroatoms. The molecule has 0 unspecified atom stereocenters. The van der Waals surface area contributed by atoms with Crippen molar-refractivity contribution >= 4 is 40.2 Å². The Hall–Kier alpha value is -2.42. The number of carbonyl (C=O) groups is 4. The van der Waals surface area contributed by atoms with Crippen LogP contribution in [0.3, 0.4) is 0 Å². The molecular weight excluding hydrogens is 394 g/mol. The molecule has 0 aromatic carbocycles. The third kappa shape index (κ3) is 3.52. The van der Waals surface area contributed by atoms with E-state index in [0.717, 1.165) is 53.9 Å². The SMILES string of the molecule is CCOC(=O)c1c(NC(=O)CN2C(=O)NC3(CCCCC3)C2=O)sc2c1CCC2. The van der Waals surface area contributed by atoms with E-state index in [4.69, 9.17) is 4.74 Å². The molecule has 2 aliphatic carbocycles. The van der Waals surface area contributed by atoms with Gasteiger partial charge in [-0.2, -0.15) is 0 Å². The smallest absolute Gasteiger partial charge is 0.341 e. The summed E-state index contributed by atoms with van der Waals surface area (Å²) < 4.78 is 5.16. The quantitative estimate of drug-likeness (QED) is 0.564. The number of nitrogens with zero attached hydrogens (tertiary/aromatic N) is 1. The van der Waals surface area contributed by atoms with Crippen LogP contribution < -0.4 is 10.6 Å². The van der Waals surface area contributed by atoms with Crippen molar-refractivity contribution < 1.29 is 23.9 Å². The molecular formula is C20H25N3O5S. The number of urea groups is 1. The van der Waals surface area contributed by atoms with E-state index in [1.54, 1.807) is 6.92 Å². The number of esters is 1. The fourth-order valence-corrected chi connectivity index (χ4v) is 5.83. The zero-order valence-electron chi connectivity index (χ0n) is 16.5. The van der Waals surface area contributed by atoms with E-state index >= 15 is 0 Å². The summed E-state index contributed by atoms with van der Waals surface area (Å²) in [4.78, 5) is 52.4. The van der Waals surface area contributed by atoms with E-state index in [2.05, 4.69) is 10.6 Å². The number of hydrogen-bond donors (Lipinski definition) is 2. The van der Waals surface area contributed by atoms with Crippen LogP contribution in [-0.2, 0) is 27.2 Å². The Morgan fingerprint density at radius 1 is 1.17 bits per heavy atom. The molecule has 4 amide bonds. The van der Waals surface area contributed by atoms with Crippen LogP contribution in [0.2, 0.25) is 0 Å². The Bertz CT molecular complexity index is 872. The number of aryl methyl sites for hydroxylation is 1. The van der Waals surface area contributed by atoms with Crippen LogP contribution in [0.4, 0.5) is 9.80 Å². The molecule has 4 rings (SSSR count). The van der Waals surface area contributed by atoms with E-state index in [1.807, 2.05) is 0 Å². The van der Waals surface area contributed by atoms with Gasteiger partial charge >= 0.3 is 12.0 Å². The molecule has 156 valence electrons. The second-order valence-corrected chi connectivity index (χ2v) is 8.90. The van der Waals surface area contributed by atoms with Crippen LogP contribution in [0.1, 0.15) is 66.2 Å². The van der Waals surface area contributed by atoms with Gasteiger partial charge in [-0.25, -0.2) is 9.59 Å². The highest BCUT2D eigenvalue weighted by Gasteiger charge is 2.51. The van der Waals surface area contributed by atoms with Crippen molar-refractivity contribution in [1.82, 2.24) is 10.2 Å². The zero-order valence-corrected chi connectivity index (χ0v) is 17.3. The molecule has 3 aliphatic rings. The van der Waals surface area contributed by atoms with Gasteiger partial charge in [0, 0.05) is 4.88 Å². The summed E-state index contributed by atoms with van der Waals surface area (Å²) in [6, 6.07) is -0.522. The summed E-state index contributed by atoms with van der Waals surface area (Å²) in [5.41, 5.74) is 0.508. The number of nitrogens with one attached hydrogen (secondary N) is 2. The molecule has 1 aromatic rings. The molecule has 1 aliphatic heterocycles. The lowest BCUT2D eigenvalue weighted by molar-refractivity contribution is -0.134. The topological polar surface area (TPSA) is 105 Å². The number of hydrogen-bond acceptors (Lipinski definition) is 6. The number of fused-ring (bicyclic) bond motifs is 1. The Morgan fingerprint density at radius 2 is 1.93 bits per heavy atom. The maximum Gasteiger partial charge on any atom is 0.341 e. The van der Waals surface area contributed by atoms with Crippen molar-refractivity contribution in [2.24, 2.45) is 0 Å². The molecule has 0 bridgehead atoms. The van der Waals surface area contributed by atoms with Crippen LogP contribution in [0, 0.1) is 0 Å². The molecule has 1 aromatic heterocycles. The van der Waals surface area contributed by atoms with Gasteiger partial charge in [0.15, 0.2) is 0 Å². The average molecular weight is 420 g/mol. The van der Waals surface area contributed by atoms with Crippen molar-refractivity contribution in [3.8, 4) is 0 Å². The van der Waals surface area contributed by atoms with E-state index in [9.17, 15) is 19.2 Å². The Kier molecular flexibility index (Phi) is 5.33. The minimum absolute atomic E-state index is 0.251. The first kappa shape index (κ1) is 19.9. The first-order valence-corrected chi connectivity index (χ1v) is 11.0. The van der Waals surface area contributed by atoms with E-state index in [1.165, 1.54) is 11.3 Å². The van der Waals surface area contributed by atoms with Crippen LogP contribution in [-0.4, -0.2) is 47.4 Å². The van der Waals surface area contributed by atoms with Crippen LogP contribution in [0.5, 0.6) is 0 Å². The van der Waals surface area contributed by atoms with E-state index in [-0.39, 0.29) is 19.1 Å². The maximum absolute atomic E-state index is 12.8. The molecule has 2 fully saturated rings. The fraction of sp³-hybridized carbons (Fsp3) is 0.600. The molecule has 1 spiro atoms. The first-order chi connectivity index (χ1) is 13.9. The maximum atomic E-state index is 12.8. The molecule has 0 radical (unpaired) electrons. The summed E-state index contributed by atoms with van der Waals surface area (Å²) in [6.45, 7) is 1.63. The summed E-state index contributed by atoms with van der Waals surface area (Å²) >= 11 is 1.38. The second-order valence-electron chi connectivity index (χ2n) is 7.79. The highest BCUT2D eigenvalue weighted by Crippen LogP contribution is 2.39. The Morgan fingerprint density at radius 3 is 2.66 bits per heavy atom. The largest absolute Gasteiger partial charge is 0.462 e. The van der Waals surface area contributed by atoms with Gasteiger partial charge in [0.25, 0.3) is 5.91 Å². The van der Waals surface area contributed by atoms with Crippen LogP contribution >= 0.6 is 11.3 Å². The highest BCUT2D eigenvalue weighted by molar-refractivity contribution is 7.17. The number of imide groups is 1. The second kappa shape index (κ2) is 7.78. The predicted molar refractivity (Wildman–Crippen MR) is 107 cm³/mol. The molecule has 2 N–H and O–H groups in total. The highest BCUT2D eigenvalue weighted by atomic mass is 32.1. The number of ether oxygens (including phenoxy) is 1.